The quantitative estimate of drug-likeness (QED) is 0.637. The standard InChI is InChI=1S/C19H20N2S/c1-3-8-17-16-12-7-11-15(13(2)22)18(16)21(19(17)20)14-9-5-4-6-10-14/h3-13,22H,20H2,1-2H3/b8-3-/t13-/m0/s1. The summed E-state index contributed by atoms with van der Waals surface area (Å²) in [6.45, 7) is 4.10. The summed E-state index contributed by atoms with van der Waals surface area (Å²) in [7, 11) is 0. The molecule has 0 saturated heterocycles. The van der Waals surface area contributed by atoms with Crippen molar-refractivity contribution in [2.45, 2.75) is 19.1 Å². The van der Waals surface area contributed by atoms with Gasteiger partial charge < -0.3 is 5.73 Å². The van der Waals surface area contributed by atoms with Crippen molar-refractivity contribution < 1.29 is 0 Å². The normalized spacial score (nSPS) is 13.0. The van der Waals surface area contributed by atoms with Gasteiger partial charge in [-0.2, -0.15) is 12.6 Å². The first-order valence-corrected chi connectivity index (χ1v) is 7.95. The molecule has 0 spiro atoms. The van der Waals surface area contributed by atoms with Crippen LogP contribution in [0.1, 0.15) is 30.2 Å². The van der Waals surface area contributed by atoms with Crippen molar-refractivity contribution >= 4 is 35.4 Å². The fourth-order valence-corrected chi connectivity index (χ4v) is 3.14. The summed E-state index contributed by atoms with van der Waals surface area (Å²) in [4.78, 5) is 0. The predicted octanol–water partition coefficient (Wildman–Crippen LogP) is 5.24. The number of anilines is 1. The van der Waals surface area contributed by atoms with Crippen LogP contribution < -0.4 is 5.73 Å². The van der Waals surface area contributed by atoms with Crippen LogP contribution in [0.5, 0.6) is 0 Å². The molecule has 0 fully saturated rings. The molecule has 0 aliphatic heterocycles. The molecule has 0 radical (unpaired) electrons. The number of aromatic nitrogens is 1. The summed E-state index contributed by atoms with van der Waals surface area (Å²) < 4.78 is 2.13. The molecular weight excluding hydrogens is 288 g/mol. The zero-order valence-corrected chi connectivity index (χ0v) is 13.7. The Morgan fingerprint density at radius 2 is 1.82 bits per heavy atom. The Hall–Kier alpha value is -2.13. The van der Waals surface area contributed by atoms with E-state index in [9.17, 15) is 0 Å². The maximum Gasteiger partial charge on any atom is 0.116 e. The molecular formula is C19H20N2S. The Labute approximate surface area is 136 Å². The summed E-state index contributed by atoms with van der Waals surface area (Å²) >= 11 is 4.65. The molecule has 3 rings (SSSR count). The predicted molar refractivity (Wildman–Crippen MR) is 99.8 cm³/mol. The van der Waals surface area contributed by atoms with E-state index in [1.165, 1.54) is 5.56 Å². The van der Waals surface area contributed by atoms with Crippen LogP contribution in [0.25, 0.3) is 22.7 Å². The lowest BCUT2D eigenvalue weighted by Crippen LogP contribution is -2.02. The number of rotatable bonds is 3. The van der Waals surface area contributed by atoms with Crippen molar-refractivity contribution in [3.05, 3.63) is 65.7 Å². The molecule has 1 aromatic heterocycles. The highest BCUT2D eigenvalue weighted by atomic mass is 32.1. The smallest absolute Gasteiger partial charge is 0.116 e. The van der Waals surface area contributed by atoms with Crippen molar-refractivity contribution in [3.8, 4) is 5.69 Å². The molecule has 1 atom stereocenters. The number of fused-ring (bicyclic) bond motifs is 1. The van der Waals surface area contributed by atoms with Gasteiger partial charge in [0.15, 0.2) is 0 Å². The van der Waals surface area contributed by atoms with Gasteiger partial charge >= 0.3 is 0 Å². The molecule has 0 aliphatic rings. The topological polar surface area (TPSA) is 30.9 Å². The van der Waals surface area contributed by atoms with E-state index in [4.69, 9.17) is 5.73 Å². The molecule has 1 heterocycles. The molecule has 3 aromatic rings. The maximum atomic E-state index is 6.49. The van der Waals surface area contributed by atoms with Crippen LogP contribution in [0.4, 0.5) is 5.82 Å². The highest BCUT2D eigenvalue weighted by molar-refractivity contribution is 7.80. The minimum Gasteiger partial charge on any atom is -0.384 e. The van der Waals surface area contributed by atoms with E-state index < -0.39 is 0 Å². The number of nitrogens with zero attached hydrogens (tertiary/aromatic N) is 1. The number of allylic oxidation sites excluding steroid dienone is 1. The molecule has 2 nitrogen and oxygen atoms in total. The average Bonchev–Trinajstić information content (AvgIpc) is 2.81. The van der Waals surface area contributed by atoms with Crippen LogP contribution in [0, 0.1) is 0 Å². The van der Waals surface area contributed by atoms with Crippen molar-refractivity contribution in [2.24, 2.45) is 0 Å². The van der Waals surface area contributed by atoms with Crippen molar-refractivity contribution in [1.29, 1.82) is 0 Å². The first-order valence-electron chi connectivity index (χ1n) is 7.44. The van der Waals surface area contributed by atoms with Crippen LogP contribution >= 0.6 is 12.6 Å². The number of nitrogen functional groups attached to an aromatic ring is 1. The fraction of sp³-hybridized carbons (Fsp3) is 0.158. The van der Waals surface area contributed by atoms with E-state index in [1.54, 1.807) is 0 Å². The Kier molecular flexibility index (Phi) is 3.99. The first-order chi connectivity index (χ1) is 10.6. The lowest BCUT2D eigenvalue weighted by atomic mass is 10.1. The molecule has 2 aromatic carbocycles. The van der Waals surface area contributed by atoms with E-state index in [0.29, 0.717) is 0 Å². The van der Waals surface area contributed by atoms with Crippen LogP contribution in [0.3, 0.4) is 0 Å². The Morgan fingerprint density at radius 3 is 2.45 bits per heavy atom. The largest absolute Gasteiger partial charge is 0.384 e. The van der Waals surface area contributed by atoms with Gasteiger partial charge in [0.2, 0.25) is 0 Å². The zero-order chi connectivity index (χ0) is 15.7. The van der Waals surface area contributed by atoms with Crippen molar-refractivity contribution in [2.75, 3.05) is 5.73 Å². The Bertz CT molecular complexity index is 830. The van der Waals surface area contributed by atoms with Crippen molar-refractivity contribution in [1.82, 2.24) is 4.57 Å². The second kappa shape index (κ2) is 5.93. The van der Waals surface area contributed by atoms with Gasteiger partial charge in [-0.05, 0) is 31.5 Å². The van der Waals surface area contributed by atoms with Gasteiger partial charge in [0.25, 0.3) is 0 Å². The van der Waals surface area contributed by atoms with Crippen LogP contribution in [-0.4, -0.2) is 4.57 Å². The second-order valence-corrected chi connectivity index (χ2v) is 6.16. The third-order valence-corrected chi connectivity index (χ3v) is 4.17. The third-order valence-electron chi connectivity index (χ3n) is 3.90. The Balaban J connectivity index is 2.47. The number of para-hydroxylation sites is 2. The highest BCUT2D eigenvalue weighted by Gasteiger charge is 2.18. The van der Waals surface area contributed by atoms with E-state index in [1.807, 2.05) is 31.2 Å². The molecule has 0 amide bonds. The van der Waals surface area contributed by atoms with E-state index in [-0.39, 0.29) is 5.25 Å². The monoisotopic (exact) mass is 308 g/mol. The molecule has 0 aliphatic carbocycles. The maximum absolute atomic E-state index is 6.49. The number of nitrogens with two attached hydrogens (primary N) is 1. The SMILES string of the molecule is C/C=C\c1c(N)n(-c2ccccc2)c2c([C@H](C)S)cccc12. The number of hydrogen-bond donors (Lipinski definition) is 2. The van der Waals surface area contributed by atoms with Gasteiger partial charge in [-0.1, -0.05) is 48.6 Å². The lowest BCUT2D eigenvalue weighted by molar-refractivity contribution is 1.07. The van der Waals surface area contributed by atoms with Crippen molar-refractivity contribution in [3.63, 3.8) is 0 Å². The molecule has 22 heavy (non-hydrogen) atoms. The number of thiol groups is 1. The molecule has 0 saturated carbocycles. The molecule has 0 unspecified atom stereocenters. The van der Waals surface area contributed by atoms with Gasteiger partial charge in [-0.25, -0.2) is 0 Å². The lowest BCUT2D eigenvalue weighted by Gasteiger charge is -2.13. The van der Waals surface area contributed by atoms with Gasteiger partial charge in [-0.3, -0.25) is 4.57 Å². The number of benzene rings is 2. The average molecular weight is 308 g/mol. The number of hydrogen-bond acceptors (Lipinski definition) is 2. The molecule has 2 N–H and O–H groups in total. The van der Waals surface area contributed by atoms with E-state index in [0.717, 1.165) is 28.0 Å². The molecule has 3 heteroatoms. The third kappa shape index (κ3) is 2.32. The molecule has 0 bridgehead atoms. The summed E-state index contributed by atoms with van der Waals surface area (Å²) in [5.74, 6) is 0.765. The van der Waals surface area contributed by atoms with Crippen LogP contribution in [0.2, 0.25) is 0 Å². The minimum absolute atomic E-state index is 0.138. The Morgan fingerprint density at radius 1 is 1.09 bits per heavy atom. The summed E-state index contributed by atoms with van der Waals surface area (Å²) in [6, 6.07) is 16.6. The van der Waals surface area contributed by atoms with Crippen LogP contribution in [-0.2, 0) is 0 Å². The first kappa shape index (κ1) is 14.8. The summed E-state index contributed by atoms with van der Waals surface area (Å²) in [5.41, 5.74) is 11.0. The second-order valence-electron chi connectivity index (χ2n) is 5.39. The minimum atomic E-state index is 0.138. The fourth-order valence-electron chi connectivity index (χ4n) is 2.93. The highest BCUT2D eigenvalue weighted by Crippen LogP contribution is 2.37. The van der Waals surface area contributed by atoms with Gasteiger partial charge in [0, 0.05) is 21.9 Å². The summed E-state index contributed by atoms with van der Waals surface area (Å²) in [5, 5.41) is 1.30. The van der Waals surface area contributed by atoms with Gasteiger partial charge in [-0.15, -0.1) is 0 Å². The van der Waals surface area contributed by atoms with E-state index in [2.05, 4.69) is 60.5 Å². The molecule has 112 valence electrons. The van der Waals surface area contributed by atoms with Crippen LogP contribution in [0.15, 0.2) is 54.6 Å². The zero-order valence-electron chi connectivity index (χ0n) is 12.8. The van der Waals surface area contributed by atoms with Gasteiger partial charge in [0.05, 0.1) is 5.52 Å². The van der Waals surface area contributed by atoms with Gasteiger partial charge in [0.1, 0.15) is 5.82 Å². The van der Waals surface area contributed by atoms with E-state index >= 15 is 0 Å². The summed E-state index contributed by atoms with van der Waals surface area (Å²) in [6.07, 6.45) is 4.10.